The fourth-order valence-corrected chi connectivity index (χ4v) is 3.75. The van der Waals surface area contributed by atoms with Gasteiger partial charge >= 0.3 is 0 Å². The highest BCUT2D eigenvalue weighted by Crippen LogP contribution is 2.34. The van der Waals surface area contributed by atoms with E-state index < -0.39 is 0 Å². The number of ether oxygens (including phenoxy) is 1. The summed E-state index contributed by atoms with van der Waals surface area (Å²) in [7, 11) is 2.30. The van der Waals surface area contributed by atoms with Gasteiger partial charge in [-0.15, -0.1) is 0 Å². The summed E-state index contributed by atoms with van der Waals surface area (Å²) in [6.07, 6.45) is 5.38. The largest absolute Gasteiger partial charge is 0.494 e. The first-order chi connectivity index (χ1) is 9.76. The number of piperidine rings is 1. The molecule has 2 saturated heterocycles. The van der Waals surface area contributed by atoms with Crippen LogP contribution in [0.5, 0.6) is 5.75 Å². The summed E-state index contributed by atoms with van der Waals surface area (Å²) >= 11 is 0. The highest BCUT2D eigenvalue weighted by atomic mass is 16.5. The lowest BCUT2D eigenvalue weighted by Crippen LogP contribution is -2.46. The third-order valence-electron chi connectivity index (χ3n) is 4.90. The van der Waals surface area contributed by atoms with Crippen molar-refractivity contribution in [3.63, 3.8) is 0 Å². The van der Waals surface area contributed by atoms with Gasteiger partial charge in [0.15, 0.2) is 0 Å². The molecule has 3 nitrogen and oxygen atoms in total. The molecule has 0 aliphatic carbocycles. The van der Waals surface area contributed by atoms with Crippen LogP contribution in [0.3, 0.4) is 0 Å². The number of hydrogen-bond donors (Lipinski definition) is 1. The van der Waals surface area contributed by atoms with E-state index >= 15 is 0 Å². The Morgan fingerprint density at radius 1 is 1.25 bits per heavy atom. The highest BCUT2D eigenvalue weighted by molar-refractivity contribution is 5.28. The lowest BCUT2D eigenvalue weighted by Gasteiger charge is -2.36. The third-order valence-corrected chi connectivity index (χ3v) is 4.90. The Labute approximate surface area is 122 Å². The Hall–Kier alpha value is -1.06. The molecule has 3 rings (SSSR count). The quantitative estimate of drug-likeness (QED) is 0.893. The SMILES string of the molecule is CCOc1cccc(CNC2CC3CCC(C2)N3C)c1. The van der Waals surface area contributed by atoms with E-state index in [0.29, 0.717) is 6.04 Å². The molecular weight excluding hydrogens is 248 g/mol. The summed E-state index contributed by atoms with van der Waals surface area (Å²) in [5.74, 6) is 0.982. The molecule has 2 unspecified atom stereocenters. The standard InChI is InChI=1S/C17H26N2O/c1-3-20-17-6-4-5-13(9-17)12-18-14-10-15-7-8-16(11-14)19(15)2/h4-6,9,14-16,18H,3,7-8,10-12H2,1-2H3. The van der Waals surface area contributed by atoms with E-state index in [4.69, 9.17) is 4.74 Å². The minimum Gasteiger partial charge on any atom is -0.494 e. The molecule has 2 atom stereocenters. The van der Waals surface area contributed by atoms with E-state index in [-0.39, 0.29) is 0 Å². The molecule has 0 radical (unpaired) electrons. The van der Waals surface area contributed by atoms with Crippen LogP contribution in [0.25, 0.3) is 0 Å². The van der Waals surface area contributed by atoms with Gasteiger partial charge in [0, 0.05) is 24.7 Å². The zero-order valence-corrected chi connectivity index (χ0v) is 12.6. The summed E-state index contributed by atoms with van der Waals surface area (Å²) in [5, 5.41) is 3.75. The maximum absolute atomic E-state index is 5.56. The van der Waals surface area contributed by atoms with Gasteiger partial charge in [-0.25, -0.2) is 0 Å². The number of nitrogens with one attached hydrogen (secondary N) is 1. The lowest BCUT2D eigenvalue weighted by molar-refractivity contribution is 0.148. The number of benzene rings is 1. The van der Waals surface area contributed by atoms with Gasteiger partial charge in [-0.2, -0.15) is 0 Å². The van der Waals surface area contributed by atoms with Crippen LogP contribution in [-0.2, 0) is 6.54 Å². The molecule has 2 heterocycles. The van der Waals surface area contributed by atoms with Gasteiger partial charge in [0.05, 0.1) is 6.61 Å². The first kappa shape index (κ1) is 13.9. The molecule has 3 heteroatoms. The van der Waals surface area contributed by atoms with E-state index in [2.05, 4.69) is 35.5 Å². The molecule has 1 aromatic carbocycles. The van der Waals surface area contributed by atoms with Gasteiger partial charge in [-0.05, 0) is 57.4 Å². The Morgan fingerprint density at radius 3 is 2.70 bits per heavy atom. The fraction of sp³-hybridized carbons (Fsp3) is 0.647. The van der Waals surface area contributed by atoms with E-state index in [9.17, 15) is 0 Å². The molecule has 2 fully saturated rings. The van der Waals surface area contributed by atoms with Crippen LogP contribution in [0, 0.1) is 0 Å². The van der Waals surface area contributed by atoms with E-state index in [1.807, 2.05) is 13.0 Å². The molecule has 0 spiro atoms. The topological polar surface area (TPSA) is 24.5 Å². The first-order valence-electron chi connectivity index (χ1n) is 7.93. The van der Waals surface area contributed by atoms with Crippen molar-refractivity contribution in [3.8, 4) is 5.75 Å². The summed E-state index contributed by atoms with van der Waals surface area (Å²) < 4.78 is 5.56. The number of fused-ring (bicyclic) bond motifs is 2. The molecule has 0 saturated carbocycles. The second kappa shape index (κ2) is 6.15. The normalized spacial score (nSPS) is 29.6. The van der Waals surface area contributed by atoms with Crippen LogP contribution in [0.4, 0.5) is 0 Å². The number of rotatable bonds is 5. The molecular formula is C17H26N2O. The second-order valence-corrected chi connectivity index (χ2v) is 6.18. The van der Waals surface area contributed by atoms with Gasteiger partial charge in [0.25, 0.3) is 0 Å². The van der Waals surface area contributed by atoms with Gasteiger partial charge in [0.2, 0.25) is 0 Å². The van der Waals surface area contributed by atoms with Crippen molar-refractivity contribution < 1.29 is 4.74 Å². The minimum atomic E-state index is 0.680. The summed E-state index contributed by atoms with van der Waals surface area (Å²) in [6.45, 7) is 3.71. The van der Waals surface area contributed by atoms with Crippen molar-refractivity contribution >= 4 is 0 Å². The second-order valence-electron chi connectivity index (χ2n) is 6.18. The molecule has 2 bridgehead atoms. The molecule has 2 aliphatic heterocycles. The van der Waals surface area contributed by atoms with Crippen LogP contribution >= 0.6 is 0 Å². The van der Waals surface area contributed by atoms with E-state index in [1.165, 1.54) is 31.2 Å². The molecule has 1 aromatic rings. The lowest BCUT2D eigenvalue weighted by atomic mass is 9.98. The Bertz CT molecular complexity index is 434. The third kappa shape index (κ3) is 2.99. The molecule has 2 aliphatic rings. The van der Waals surface area contributed by atoms with E-state index in [1.54, 1.807) is 0 Å². The van der Waals surface area contributed by atoms with Crippen molar-refractivity contribution in [1.29, 1.82) is 0 Å². The van der Waals surface area contributed by atoms with E-state index in [0.717, 1.165) is 31.0 Å². The highest BCUT2D eigenvalue weighted by Gasteiger charge is 2.37. The van der Waals surface area contributed by atoms with Gasteiger partial charge in [-0.3, -0.25) is 0 Å². The minimum absolute atomic E-state index is 0.680. The van der Waals surface area contributed by atoms with Crippen molar-refractivity contribution in [2.45, 2.75) is 57.3 Å². The van der Waals surface area contributed by atoms with Crippen LogP contribution in [0.1, 0.15) is 38.2 Å². The van der Waals surface area contributed by atoms with Crippen molar-refractivity contribution in [2.24, 2.45) is 0 Å². The Balaban J connectivity index is 1.53. The average molecular weight is 274 g/mol. The number of hydrogen-bond acceptors (Lipinski definition) is 3. The predicted molar refractivity (Wildman–Crippen MR) is 82.0 cm³/mol. The van der Waals surface area contributed by atoms with Gasteiger partial charge < -0.3 is 15.0 Å². The Kier molecular flexibility index (Phi) is 4.27. The molecule has 0 aromatic heterocycles. The smallest absolute Gasteiger partial charge is 0.119 e. The summed E-state index contributed by atoms with van der Waals surface area (Å²) in [4.78, 5) is 2.59. The number of nitrogens with zero attached hydrogens (tertiary/aromatic N) is 1. The van der Waals surface area contributed by atoms with Crippen molar-refractivity contribution in [2.75, 3.05) is 13.7 Å². The first-order valence-corrected chi connectivity index (χ1v) is 7.93. The summed E-state index contributed by atoms with van der Waals surface area (Å²) in [6, 6.07) is 10.7. The fourth-order valence-electron chi connectivity index (χ4n) is 3.75. The zero-order valence-electron chi connectivity index (χ0n) is 12.6. The molecule has 110 valence electrons. The van der Waals surface area contributed by atoms with Gasteiger partial charge in [-0.1, -0.05) is 12.1 Å². The zero-order chi connectivity index (χ0) is 13.9. The van der Waals surface area contributed by atoms with Crippen molar-refractivity contribution in [1.82, 2.24) is 10.2 Å². The molecule has 1 N–H and O–H groups in total. The molecule has 20 heavy (non-hydrogen) atoms. The average Bonchev–Trinajstić information content (AvgIpc) is 2.68. The van der Waals surface area contributed by atoms with Crippen LogP contribution in [0.2, 0.25) is 0 Å². The Morgan fingerprint density at radius 2 is 2.00 bits per heavy atom. The molecule has 0 amide bonds. The summed E-state index contributed by atoms with van der Waals surface area (Å²) in [5.41, 5.74) is 1.32. The maximum atomic E-state index is 5.56. The monoisotopic (exact) mass is 274 g/mol. The van der Waals surface area contributed by atoms with Gasteiger partial charge in [0.1, 0.15) is 5.75 Å². The predicted octanol–water partition coefficient (Wildman–Crippen LogP) is 2.80. The van der Waals surface area contributed by atoms with Crippen molar-refractivity contribution in [3.05, 3.63) is 29.8 Å². The maximum Gasteiger partial charge on any atom is 0.119 e. The van der Waals surface area contributed by atoms with Crippen LogP contribution in [-0.4, -0.2) is 36.7 Å². The van der Waals surface area contributed by atoms with Crippen LogP contribution in [0.15, 0.2) is 24.3 Å². The van der Waals surface area contributed by atoms with Crippen LogP contribution < -0.4 is 10.1 Å².